The minimum atomic E-state index is -1.02. The van der Waals surface area contributed by atoms with E-state index in [-0.39, 0.29) is 17.8 Å². The van der Waals surface area contributed by atoms with Gasteiger partial charge in [0.25, 0.3) is 0 Å². The van der Waals surface area contributed by atoms with Gasteiger partial charge in [0.15, 0.2) is 5.82 Å². The summed E-state index contributed by atoms with van der Waals surface area (Å²) in [5, 5.41) is 14.3. The summed E-state index contributed by atoms with van der Waals surface area (Å²) in [6.45, 7) is 5.30. The normalized spacial score (nSPS) is 19.4. The van der Waals surface area contributed by atoms with Crippen molar-refractivity contribution in [2.75, 3.05) is 5.32 Å². The molecule has 0 bridgehead atoms. The fourth-order valence-electron chi connectivity index (χ4n) is 2.85. The van der Waals surface area contributed by atoms with E-state index >= 15 is 0 Å². The Morgan fingerprint density at radius 1 is 1.37 bits per heavy atom. The summed E-state index contributed by atoms with van der Waals surface area (Å²) in [5.74, 6) is 6.43. The lowest BCUT2D eigenvalue weighted by molar-refractivity contribution is 0.0635. The lowest BCUT2D eigenvalue weighted by Gasteiger charge is -2.25. The average molecular weight is 394 g/mol. The van der Waals surface area contributed by atoms with E-state index in [0.717, 1.165) is 19.3 Å². The van der Waals surface area contributed by atoms with E-state index in [1.807, 2.05) is 0 Å². The zero-order valence-corrected chi connectivity index (χ0v) is 16.4. The molecular weight excluding hydrogens is 370 g/mol. The number of rotatable bonds is 2. The van der Waals surface area contributed by atoms with Gasteiger partial charge in [-0.2, -0.15) is 0 Å². The molecule has 1 heterocycles. The summed E-state index contributed by atoms with van der Waals surface area (Å²) in [4.78, 5) is 27.0. The summed E-state index contributed by atoms with van der Waals surface area (Å²) in [5.41, 5.74) is -0.221. The van der Waals surface area contributed by atoms with E-state index in [9.17, 15) is 9.59 Å². The Labute approximate surface area is 163 Å². The van der Waals surface area contributed by atoms with Crippen LogP contribution in [-0.4, -0.2) is 33.9 Å². The molecule has 2 amide bonds. The van der Waals surface area contributed by atoms with Gasteiger partial charge in [0.1, 0.15) is 5.60 Å². The fraction of sp³-hybridized carbons (Fsp3) is 0.526. The first kappa shape index (κ1) is 20.8. The van der Waals surface area contributed by atoms with Crippen molar-refractivity contribution in [1.82, 2.24) is 10.3 Å². The van der Waals surface area contributed by atoms with Gasteiger partial charge in [0.2, 0.25) is 0 Å². The lowest BCUT2D eigenvalue weighted by Crippen LogP contribution is -2.37. The smallest absolute Gasteiger partial charge is 0.413 e. The molecule has 1 fully saturated rings. The second-order valence-electron chi connectivity index (χ2n) is 7.42. The number of carbonyl (C=O) groups is 2. The molecular formula is C19H24ClN3O4. The number of carbonyl (C=O) groups excluding carboxylic acids is 1. The monoisotopic (exact) mass is 393 g/mol. The Morgan fingerprint density at radius 2 is 2.11 bits per heavy atom. The molecule has 0 saturated heterocycles. The summed E-state index contributed by atoms with van der Waals surface area (Å²) >= 11 is 6.24. The maximum absolute atomic E-state index is 12.0. The first-order chi connectivity index (χ1) is 12.6. The highest BCUT2D eigenvalue weighted by Gasteiger charge is 2.22. The summed E-state index contributed by atoms with van der Waals surface area (Å²) in [7, 11) is 0. The van der Waals surface area contributed by atoms with Gasteiger partial charge in [-0.25, -0.2) is 14.6 Å². The predicted octanol–water partition coefficient (Wildman–Crippen LogP) is 4.26. The molecule has 0 spiro atoms. The number of hydrogen-bond donors (Lipinski definition) is 3. The number of hydrogen-bond acceptors (Lipinski definition) is 4. The van der Waals surface area contributed by atoms with Crippen LogP contribution in [0, 0.1) is 17.8 Å². The van der Waals surface area contributed by atoms with Crippen LogP contribution in [0.5, 0.6) is 0 Å². The highest BCUT2D eigenvalue weighted by molar-refractivity contribution is 6.32. The minimum absolute atomic E-state index is 0.0428. The minimum Gasteiger partial charge on any atom is -0.465 e. The number of nitrogens with zero attached hydrogens (tertiary/aromatic N) is 1. The van der Waals surface area contributed by atoms with Gasteiger partial charge in [0.05, 0.1) is 10.6 Å². The predicted molar refractivity (Wildman–Crippen MR) is 103 cm³/mol. The number of carboxylic acid groups (broad SMARTS) is 1. The first-order valence-electron chi connectivity index (χ1n) is 8.79. The number of amides is 2. The van der Waals surface area contributed by atoms with Crippen molar-refractivity contribution in [2.24, 2.45) is 5.92 Å². The zero-order valence-electron chi connectivity index (χ0n) is 15.6. The van der Waals surface area contributed by atoms with Gasteiger partial charge in [0, 0.05) is 18.2 Å². The maximum atomic E-state index is 12.0. The molecule has 1 aliphatic rings. The van der Waals surface area contributed by atoms with Crippen LogP contribution in [0.1, 0.15) is 52.0 Å². The Hall–Kier alpha value is -2.46. The first-order valence-corrected chi connectivity index (χ1v) is 9.17. The van der Waals surface area contributed by atoms with Crippen LogP contribution in [0.25, 0.3) is 0 Å². The van der Waals surface area contributed by atoms with Crippen molar-refractivity contribution in [3.63, 3.8) is 0 Å². The molecule has 1 saturated carbocycles. The standard InChI is InChI=1S/C19H24ClN3O4/c1-19(2,3)27-18(26)23-16-14(15(20)9-10-21-16)8-7-12-5-4-6-13(11-12)22-17(24)25/h9-10,12-13,22H,4-6,11H2,1-3H3,(H,24,25)(H,21,23,26). The van der Waals surface area contributed by atoms with E-state index in [1.54, 1.807) is 26.8 Å². The molecule has 3 N–H and O–H groups in total. The molecule has 2 atom stereocenters. The second kappa shape index (κ2) is 8.96. The highest BCUT2D eigenvalue weighted by Crippen LogP contribution is 2.26. The third kappa shape index (κ3) is 6.99. The number of aromatic nitrogens is 1. The van der Waals surface area contributed by atoms with Crippen LogP contribution < -0.4 is 10.6 Å². The fourth-order valence-corrected chi connectivity index (χ4v) is 3.05. The van der Waals surface area contributed by atoms with Crippen LogP contribution >= 0.6 is 11.6 Å². The summed E-state index contributed by atoms with van der Waals surface area (Å²) in [6, 6.07) is 1.50. The highest BCUT2D eigenvalue weighted by atomic mass is 35.5. The molecule has 1 aromatic heterocycles. The van der Waals surface area contributed by atoms with Crippen molar-refractivity contribution in [3.05, 3.63) is 22.8 Å². The van der Waals surface area contributed by atoms with E-state index in [4.69, 9.17) is 21.4 Å². The van der Waals surface area contributed by atoms with Crippen molar-refractivity contribution in [3.8, 4) is 11.8 Å². The van der Waals surface area contributed by atoms with Crippen LogP contribution in [0.3, 0.4) is 0 Å². The Bertz CT molecular complexity index is 764. The topological polar surface area (TPSA) is 101 Å². The third-order valence-corrected chi connectivity index (χ3v) is 4.24. The quantitative estimate of drug-likeness (QED) is 0.652. The second-order valence-corrected chi connectivity index (χ2v) is 7.83. The van der Waals surface area contributed by atoms with Crippen molar-refractivity contribution in [2.45, 2.75) is 58.1 Å². The Kier molecular flexibility index (Phi) is 6.92. The summed E-state index contributed by atoms with van der Waals surface area (Å²) in [6.07, 6.45) is 3.06. The molecule has 0 radical (unpaired) electrons. The molecule has 7 nitrogen and oxygen atoms in total. The van der Waals surface area contributed by atoms with E-state index in [0.29, 0.717) is 17.0 Å². The van der Waals surface area contributed by atoms with Crippen LogP contribution in [0.15, 0.2) is 12.3 Å². The van der Waals surface area contributed by atoms with Gasteiger partial charge >= 0.3 is 12.2 Å². The molecule has 0 aliphatic heterocycles. The summed E-state index contributed by atoms with van der Waals surface area (Å²) < 4.78 is 5.24. The number of pyridine rings is 1. The molecule has 1 aliphatic carbocycles. The van der Waals surface area contributed by atoms with Gasteiger partial charge in [-0.1, -0.05) is 29.9 Å². The molecule has 27 heavy (non-hydrogen) atoms. The van der Waals surface area contributed by atoms with E-state index < -0.39 is 17.8 Å². The van der Waals surface area contributed by atoms with Gasteiger partial charge in [-0.3, -0.25) is 5.32 Å². The van der Waals surface area contributed by atoms with Crippen LogP contribution in [0.4, 0.5) is 15.4 Å². The zero-order chi connectivity index (χ0) is 20.0. The number of halogens is 1. The Balaban J connectivity index is 2.14. The van der Waals surface area contributed by atoms with Crippen molar-refractivity contribution in [1.29, 1.82) is 0 Å². The van der Waals surface area contributed by atoms with Gasteiger partial charge < -0.3 is 15.2 Å². The maximum Gasteiger partial charge on any atom is 0.413 e. The molecule has 2 rings (SSSR count). The molecule has 2 unspecified atom stereocenters. The molecule has 146 valence electrons. The largest absolute Gasteiger partial charge is 0.465 e. The molecule has 0 aromatic carbocycles. The van der Waals surface area contributed by atoms with Crippen LogP contribution in [-0.2, 0) is 4.74 Å². The van der Waals surface area contributed by atoms with Gasteiger partial charge in [-0.15, -0.1) is 0 Å². The molecule has 8 heteroatoms. The average Bonchev–Trinajstić information content (AvgIpc) is 2.52. The SMILES string of the molecule is CC(C)(C)OC(=O)Nc1nccc(Cl)c1C#CC1CCCC(NC(=O)O)C1. The number of anilines is 1. The number of ether oxygens (including phenoxy) is 1. The molecule has 1 aromatic rings. The van der Waals surface area contributed by atoms with Crippen molar-refractivity contribution < 1.29 is 19.4 Å². The third-order valence-electron chi connectivity index (χ3n) is 3.92. The lowest BCUT2D eigenvalue weighted by atomic mass is 9.86. The van der Waals surface area contributed by atoms with Crippen molar-refractivity contribution >= 4 is 29.6 Å². The van der Waals surface area contributed by atoms with Gasteiger partial charge in [-0.05, 0) is 46.1 Å². The van der Waals surface area contributed by atoms with Crippen LogP contribution in [0.2, 0.25) is 5.02 Å². The van der Waals surface area contributed by atoms with E-state index in [1.165, 1.54) is 6.20 Å². The Morgan fingerprint density at radius 3 is 2.78 bits per heavy atom. The number of nitrogens with one attached hydrogen (secondary N) is 2. The van der Waals surface area contributed by atoms with E-state index in [2.05, 4.69) is 27.5 Å².